The summed E-state index contributed by atoms with van der Waals surface area (Å²) in [4.78, 5) is 12.0. The lowest BCUT2D eigenvalue weighted by molar-refractivity contribution is -0.117. The number of amides is 1. The van der Waals surface area contributed by atoms with E-state index in [0.29, 0.717) is 5.92 Å². The summed E-state index contributed by atoms with van der Waals surface area (Å²) in [5, 5.41) is 6.25. The molecule has 1 aliphatic rings. The van der Waals surface area contributed by atoms with Gasteiger partial charge >= 0.3 is 0 Å². The molecule has 1 fully saturated rings. The third kappa shape index (κ3) is 2.86. The fraction of sp³-hybridized carbons (Fsp3) is 0.500. The third-order valence-corrected chi connectivity index (χ3v) is 3.22. The second-order valence-electron chi connectivity index (χ2n) is 4.88. The van der Waals surface area contributed by atoms with E-state index >= 15 is 0 Å². The summed E-state index contributed by atoms with van der Waals surface area (Å²) < 4.78 is 0. The number of para-hydroxylation sites is 1. The molecule has 0 bridgehead atoms. The van der Waals surface area contributed by atoms with Crippen LogP contribution in [0, 0.1) is 0 Å². The van der Waals surface area contributed by atoms with Crippen molar-refractivity contribution in [3.8, 4) is 0 Å². The average molecular weight is 232 g/mol. The summed E-state index contributed by atoms with van der Waals surface area (Å²) in [5.41, 5.74) is 2.14. The summed E-state index contributed by atoms with van der Waals surface area (Å²) in [6.07, 6.45) is 2.03. The van der Waals surface area contributed by atoms with Gasteiger partial charge in [-0.2, -0.15) is 0 Å². The Morgan fingerprint density at radius 3 is 2.82 bits per heavy atom. The molecular weight excluding hydrogens is 212 g/mol. The number of benzene rings is 1. The topological polar surface area (TPSA) is 41.1 Å². The first-order chi connectivity index (χ1) is 8.18. The fourth-order valence-corrected chi connectivity index (χ4v) is 2.24. The van der Waals surface area contributed by atoms with E-state index in [1.165, 1.54) is 5.56 Å². The first-order valence-electron chi connectivity index (χ1n) is 6.31. The number of carbonyl (C=O) groups is 1. The molecule has 2 rings (SSSR count). The highest BCUT2D eigenvalue weighted by Crippen LogP contribution is 2.24. The molecule has 0 spiro atoms. The van der Waals surface area contributed by atoms with E-state index in [4.69, 9.17) is 0 Å². The Morgan fingerprint density at radius 2 is 2.18 bits per heavy atom. The molecule has 0 saturated carbocycles. The standard InChI is InChI=1S/C14H20N2O/c1-10(2)11-6-3-4-7-12(11)16-14(17)13-8-5-9-15-13/h3-4,6-7,10,13,15H,5,8-9H2,1-2H3,(H,16,17)/t13-/m1/s1. The van der Waals surface area contributed by atoms with Crippen molar-refractivity contribution in [2.45, 2.75) is 38.6 Å². The van der Waals surface area contributed by atoms with Crippen molar-refractivity contribution in [2.24, 2.45) is 0 Å². The van der Waals surface area contributed by atoms with Gasteiger partial charge in [0.1, 0.15) is 0 Å². The third-order valence-electron chi connectivity index (χ3n) is 3.22. The van der Waals surface area contributed by atoms with Gasteiger partial charge in [-0.1, -0.05) is 32.0 Å². The Bertz CT molecular complexity index is 395. The minimum Gasteiger partial charge on any atom is -0.324 e. The summed E-state index contributed by atoms with van der Waals surface area (Å²) in [6, 6.07) is 8.00. The van der Waals surface area contributed by atoms with Crippen LogP contribution in [-0.4, -0.2) is 18.5 Å². The van der Waals surface area contributed by atoms with E-state index in [1.807, 2.05) is 18.2 Å². The maximum atomic E-state index is 12.0. The van der Waals surface area contributed by atoms with Crippen LogP contribution in [0.4, 0.5) is 5.69 Å². The molecule has 1 aromatic carbocycles. The molecule has 3 heteroatoms. The van der Waals surface area contributed by atoms with Crippen LogP contribution < -0.4 is 10.6 Å². The minimum absolute atomic E-state index is 0.0183. The maximum absolute atomic E-state index is 12.0. The zero-order chi connectivity index (χ0) is 12.3. The molecular formula is C14H20N2O. The molecule has 17 heavy (non-hydrogen) atoms. The second-order valence-corrected chi connectivity index (χ2v) is 4.88. The molecule has 1 aromatic rings. The van der Waals surface area contributed by atoms with E-state index in [0.717, 1.165) is 25.1 Å². The van der Waals surface area contributed by atoms with E-state index in [9.17, 15) is 4.79 Å². The maximum Gasteiger partial charge on any atom is 0.241 e. The van der Waals surface area contributed by atoms with Crippen LogP contribution in [0.2, 0.25) is 0 Å². The Hall–Kier alpha value is -1.35. The van der Waals surface area contributed by atoms with Gasteiger partial charge in [-0.05, 0) is 36.9 Å². The number of hydrogen-bond donors (Lipinski definition) is 2. The molecule has 1 heterocycles. The van der Waals surface area contributed by atoms with Gasteiger partial charge in [-0.15, -0.1) is 0 Å². The van der Waals surface area contributed by atoms with Crippen LogP contribution >= 0.6 is 0 Å². The molecule has 0 aliphatic carbocycles. The van der Waals surface area contributed by atoms with Crippen LogP contribution in [-0.2, 0) is 4.79 Å². The lowest BCUT2D eigenvalue weighted by Gasteiger charge is -2.16. The van der Waals surface area contributed by atoms with Crippen molar-refractivity contribution in [2.75, 3.05) is 11.9 Å². The first kappa shape index (κ1) is 12.1. The number of nitrogens with one attached hydrogen (secondary N) is 2. The number of rotatable bonds is 3. The van der Waals surface area contributed by atoms with Crippen molar-refractivity contribution in [1.29, 1.82) is 0 Å². The van der Waals surface area contributed by atoms with Gasteiger partial charge in [0.2, 0.25) is 5.91 Å². The van der Waals surface area contributed by atoms with Gasteiger partial charge in [0.05, 0.1) is 6.04 Å². The molecule has 92 valence electrons. The van der Waals surface area contributed by atoms with Crippen molar-refractivity contribution >= 4 is 11.6 Å². The van der Waals surface area contributed by atoms with Gasteiger partial charge in [0, 0.05) is 5.69 Å². The second kappa shape index (κ2) is 5.32. The monoisotopic (exact) mass is 232 g/mol. The van der Waals surface area contributed by atoms with Crippen molar-refractivity contribution in [1.82, 2.24) is 5.32 Å². The predicted molar refractivity (Wildman–Crippen MR) is 70.2 cm³/mol. The molecule has 1 saturated heterocycles. The van der Waals surface area contributed by atoms with Crippen LogP contribution in [0.15, 0.2) is 24.3 Å². The van der Waals surface area contributed by atoms with Crippen molar-refractivity contribution in [3.05, 3.63) is 29.8 Å². The summed E-state index contributed by atoms with van der Waals surface area (Å²) in [7, 11) is 0. The Balaban J connectivity index is 2.09. The fourth-order valence-electron chi connectivity index (χ4n) is 2.24. The normalized spacial score (nSPS) is 19.6. The highest BCUT2D eigenvalue weighted by atomic mass is 16.2. The zero-order valence-corrected chi connectivity index (χ0v) is 10.5. The van der Waals surface area contributed by atoms with Crippen LogP contribution in [0.3, 0.4) is 0 Å². The number of anilines is 1. The molecule has 0 radical (unpaired) electrons. The highest BCUT2D eigenvalue weighted by Gasteiger charge is 2.22. The predicted octanol–water partition coefficient (Wildman–Crippen LogP) is 2.50. The molecule has 0 unspecified atom stereocenters. The van der Waals surface area contributed by atoms with E-state index in [1.54, 1.807) is 0 Å². The Kier molecular flexibility index (Phi) is 3.79. The largest absolute Gasteiger partial charge is 0.324 e. The van der Waals surface area contributed by atoms with Gasteiger partial charge in [0.25, 0.3) is 0 Å². The molecule has 3 nitrogen and oxygen atoms in total. The van der Waals surface area contributed by atoms with Gasteiger partial charge in [0.15, 0.2) is 0 Å². The Labute approximate surface area is 103 Å². The molecule has 1 atom stereocenters. The van der Waals surface area contributed by atoms with E-state index < -0.39 is 0 Å². The number of hydrogen-bond acceptors (Lipinski definition) is 2. The lowest BCUT2D eigenvalue weighted by atomic mass is 10.0. The summed E-state index contributed by atoms with van der Waals surface area (Å²) in [5.74, 6) is 0.513. The smallest absolute Gasteiger partial charge is 0.241 e. The van der Waals surface area contributed by atoms with Crippen LogP contribution in [0.1, 0.15) is 38.2 Å². The van der Waals surface area contributed by atoms with Gasteiger partial charge in [-0.25, -0.2) is 0 Å². The van der Waals surface area contributed by atoms with Crippen molar-refractivity contribution < 1.29 is 4.79 Å². The minimum atomic E-state index is -0.0183. The molecule has 2 N–H and O–H groups in total. The number of carbonyl (C=O) groups excluding carboxylic acids is 1. The van der Waals surface area contributed by atoms with E-state index in [2.05, 4.69) is 30.5 Å². The highest BCUT2D eigenvalue weighted by molar-refractivity contribution is 5.95. The summed E-state index contributed by atoms with van der Waals surface area (Å²) in [6.45, 7) is 5.22. The lowest BCUT2D eigenvalue weighted by Crippen LogP contribution is -2.35. The van der Waals surface area contributed by atoms with Crippen LogP contribution in [0.25, 0.3) is 0 Å². The van der Waals surface area contributed by atoms with Crippen LogP contribution in [0.5, 0.6) is 0 Å². The van der Waals surface area contributed by atoms with E-state index in [-0.39, 0.29) is 11.9 Å². The first-order valence-corrected chi connectivity index (χ1v) is 6.31. The van der Waals surface area contributed by atoms with Gasteiger partial charge < -0.3 is 10.6 Å². The van der Waals surface area contributed by atoms with Gasteiger partial charge in [-0.3, -0.25) is 4.79 Å². The molecule has 0 aromatic heterocycles. The SMILES string of the molecule is CC(C)c1ccccc1NC(=O)[C@H]1CCCN1. The Morgan fingerprint density at radius 1 is 1.41 bits per heavy atom. The molecule has 1 aliphatic heterocycles. The molecule has 1 amide bonds. The quantitative estimate of drug-likeness (QED) is 0.840. The average Bonchev–Trinajstić information content (AvgIpc) is 2.83. The summed E-state index contributed by atoms with van der Waals surface area (Å²) >= 11 is 0. The van der Waals surface area contributed by atoms with Crippen molar-refractivity contribution in [3.63, 3.8) is 0 Å². The zero-order valence-electron chi connectivity index (χ0n) is 10.5.